The number of aryl methyl sites for hydroxylation is 1. The number of para-hydroxylation sites is 1. The number of hydrogen-bond acceptors (Lipinski definition) is 5. The molecule has 6 nitrogen and oxygen atoms in total. The molecule has 1 N–H and O–H groups in total. The summed E-state index contributed by atoms with van der Waals surface area (Å²) in [6, 6.07) is 15.9. The van der Waals surface area contributed by atoms with Crippen molar-refractivity contribution in [1.82, 2.24) is 4.98 Å². The van der Waals surface area contributed by atoms with Gasteiger partial charge >= 0.3 is 5.97 Å². The van der Waals surface area contributed by atoms with Crippen molar-refractivity contribution in [3.63, 3.8) is 0 Å². The molecule has 3 aromatic rings. The number of pyridine rings is 1. The third-order valence-electron chi connectivity index (χ3n) is 4.71. The predicted octanol–water partition coefficient (Wildman–Crippen LogP) is 4.16. The highest BCUT2D eigenvalue weighted by Crippen LogP contribution is 2.25. The van der Waals surface area contributed by atoms with Crippen LogP contribution in [-0.4, -0.2) is 23.0 Å². The number of benzene rings is 2. The number of ether oxygens (including phenoxy) is 1. The maximum atomic E-state index is 12.9. The van der Waals surface area contributed by atoms with Gasteiger partial charge < -0.3 is 10.1 Å². The third-order valence-corrected chi connectivity index (χ3v) is 4.71. The zero-order valence-electron chi connectivity index (χ0n) is 16.5. The largest absolute Gasteiger partial charge is 0.449 e. The van der Waals surface area contributed by atoms with Crippen LogP contribution in [0.25, 0.3) is 10.9 Å². The Balaban J connectivity index is 1.81. The van der Waals surface area contributed by atoms with Crippen LogP contribution >= 0.6 is 0 Å². The molecule has 0 aliphatic rings. The summed E-state index contributed by atoms with van der Waals surface area (Å²) in [5.41, 5.74) is 3.76. The molecule has 0 fully saturated rings. The van der Waals surface area contributed by atoms with Gasteiger partial charge in [0.1, 0.15) is 0 Å². The maximum absolute atomic E-state index is 12.9. The summed E-state index contributed by atoms with van der Waals surface area (Å²) in [5, 5.41) is 12.2. The Morgan fingerprint density at radius 1 is 1.17 bits per heavy atom. The SMILES string of the molecule is CCc1nc2ccccc2c(C(=O)O[C@@H](C)C(=O)Nc2ccc(C#N)cc2)c1C. The summed E-state index contributed by atoms with van der Waals surface area (Å²) in [4.78, 5) is 30.0. The highest BCUT2D eigenvalue weighted by atomic mass is 16.5. The van der Waals surface area contributed by atoms with E-state index in [1.54, 1.807) is 24.3 Å². The number of carbonyl (C=O) groups is 2. The number of anilines is 1. The molecule has 29 heavy (non-hydrogen) atoms. The van der Waals surface area contributed by atoms with E-state index in [0.29, 0.717) is 28.6 Å². The number of nitrogens with one attached hydrogen (secondary N) is 1. The molecule has 1 aromatic heterocycles. The van der Waals surface area contributed by atoms with Gasteiger partial charge in [-0.25, -0.2) is 4.79 Å². The lowest BCUT2D eigenvalue weighted by molar-refractivity contribution is -0.123. The van der Waals surface area contributed by atoms with E-state index in [-0.39, 0.29) is 0 Å². The number of hydrogen-bond donors (Lipinski definition) is 1. The Morgan fingerprint density at radius 2 is 1.86 bits per heavy atom. The predicted molar refractivity (Wildman–Crippen MR) is 111 cm³/mol. The summed E-state index contributed by atoms with van der Waals surface area (Å²) >= 11 is 0. The molecule has 3 rings (SSSR count). The van der Waals surface area contributed by atoms with E-state index in [2.05, 4.69) is 10.3 Å². The molecular weight excluding hydrogens is 366 g/mol. The molecule has 0 bridgehead atoms. The molecule has 0 radical (unpaired) electrons. The van der Waals surface area contributed by atoms with Crippen molar-refractivity contribution < 1.29 is 14.3 Å². The minimum Gasteiger partial charge on any atom is -0.449 e. The number of aromatic nitrogens is 1. The van der Waals surface area contributed by atoms with Crippen LogP contribution in [-0.2, 0) is 16.0 Å². The molecule has 1 atom stereocenters. The fourth-order valence-corrected chi connectivity index (χ4v) is 3.11. The zero-order chi connectivity index (χ0) is 21.0. The Labute approximate surface area is 169 Å². The topological polar surface area (TPSA) is 92.1 Å². The van der Waals surface area contributed by atoms with Crippen LogP contribution in [0.4, 0.5) is 5.69 Å². The van der Waals surface area contributed by atoms with Gasteiger partial charge in [-0.15, -0.1) is 0 Å². The fraction of sp³-hybridized carbons (Fsp3) is 0.217. The summed E-state index contributed by atoms with van der Waals surface area (Å²) in [6.07, 6.45) is -0.305. The second kappa shape index (κ2) is 8.53. The molecule has 0 spiro atoms. The Bertz CT molecular complexity index is 1110. The number of nitrogens with zero attached hydrogens (tertiary/aromatic N) is 2. The average molecular weight is 387 g/mol. The van der Waals surface area contributed by atoms with E-state index in [1.165, 1.54) is 6.92 Å². The van der Waals surface area contributed by atoms with Gasteiger partial charge in [0.05, 0.1) is 22.7 Å². The van der Waals surface area contributed by atoms with Gasteiger partial charge in [0.2, 0.25) is 0 Å². The standard InChI is InChI=1S/C23H21N3O3/c1-4-19-14(2)21(18-7-5-6-8-20(18)26-19)23(28)29-15(3)22(27)25-17-11-9-16(13-24)10-12-17/h5-12,15H,4H2,1-3H3,(H,25,27)/t15-/m0/s1. The molecule has 0 saturated heterocycles. The Morgan fingerprint density at radius 3 is 2.52 bits per heavy atom. The van der Waals surface area contributed by atoms with Gasteiger partial charge in [0.25, 0.3) is 5.91 Å². The molecule has 1 amide bonds. The van der Waals surface area contributed by atoms with Crippen LogP contribution in [0.15, 0.2) is 48.5 Å². The number of esters is 1. The van der Waals surface area contributed by atoms with Gasteiger partial charge in [-0.1, -0.05) is 25.1 Å². The van der Waals surface area contributed by atoms with Crippen molar-refractivity contribution >= 4 is 28.5 Å². The van der Waals surface area contributed by atoms with Crippen LogP contribution in [0.2, 0.25) is 0 Å². The number of amides is 1. The minimum absolute atomic E-state index is 0.436. The summed E-state index contributed by atoms with van der Waals surface area (Å²) in [6.45, 7) is 5.35. The fourth-order valence-electron chi connectivity index (χ4n) is 3.11. The van der Waals surface area contributed by atoms with E-state index in [0.717, 1.165) is 16.8 Å². The van der Waals surface area contributed by atoms with Gasteiger partial charge in [-0.2, -0.15) is 5.26 Å². The number of rotatable bonds is 5. The second-order valence-corrected chi connectivity index (χ2v) is 6.66. The molecule has 0 aliphatic carbocycles. The van der Waals surface area contributed by atoms with Gasteiger partial charge in [-0.05, 0) is 56.2 Å². The highest BCUT2D eigenvalue weighted by Gasteiger charge is 2.23. The first-order valence-electron chi connectivity index (χ1n) is 9.34. The quantitative estimate of drug-likeness (QED) is 0.664. The summed E-state index contributed by atoms with van der Waals surface area (Å²) < 4.78 is 5.47. The molecule has 2 aromatic carbocycles. The molecule has 146 valence electrons. The van der Waals surface area contributed by atoms with Crippen LogP contribution in [0.1, 0.15) is 41.0 Å². The Kier molecular flexibility index (Phi) is 5.89. The van der Waals surface area contributed by atoms with Crippen molar-refractivity contribution in [1.29, 1.82) is 5.26 Å². The second-order valence-electron chi connectivity index (χ2n) is 6.66. The van der Waals surface area contributed by atoms with Crippen LogP contribution in [0.3, 0.4) is 0 Å². The molecule has 0 aliphatic heterocycles. The summed E-state index contributed by atoms with van der Waals surface area (Å²) in [7, 11) is 0. The van der Waals surface area contributed by atoms with Gasteiger partial charge in [0, 0.05) is 16.8 Å². The maximum Gasteiger partial charge on any atom is 0.339 e. The first kappa shape index (κ1) is 20.0. The van der Waals surface area contributed by atoms with E-state index < -0.39 is 18.0 Å². The van der Waals surface area contributed by atoms with E-state index >= 15 is 0 Å². The van der Waals surface area contributed by atoms with Crippen molar-refractivity contribution in [3.8, 4) is 6.07 Å². The van der Waals surface area contributed by atoms with Gasteiger partial charge in [-0.3, -0.25) is 9.78 Å². The minimum atomic E-state index is -0.991. The molecular formula is C23H21N3O3. The lowest BCUT2D eigenvalue weighted by Gasteiger charge is -2.17. The zero-order valence-corrected chi connectivity index (χ0v) is 16.5. The first-order chi connectivity index (χ1) is 13.9. The molecule has 6 heteroatoms. The molecule has 1 heterocycles. The average Bonchev–Trinajstić information content (AvgIpc) is 2.73. The molecule has 0 saturated carbocycles. The third kappa shape index (κ3) is 4.25. The van der Waals surface area contributed by atoms with Crippen molar-refractivity contribution in [3.05, 3.63) is 70.9 Å². The van der Waals surface area contributed by atoms with Crippen molar-refractivity contribution in [2.45, 2.75) is 33.3 Å². The summed E-state index contributed by atoms with van der Waals surface area (Å²) in [5.74, 6) is -1.01. The van der Waals surface area contributed by atoms with Gasteiger partial charge in [0.15, 0.2) is 6.10 Å². The van der Waals surface area contributed by atoms with E-state index in [9.17, 15) is 9.59 Å². The lowest BCUT2D eigenvalue weighted by Crippen LogP contribution is -2.30. The van der Waals surface area contributed by atoms with Crippen molar-refractivity contribution in [2.75, 3.05) is 5.32 Å². The van der Waals surface area contributed by atoms with Crippen LogP contribution in [0, 0.1) is 18.3 Å². The normalized spacial score (nSPS) is 11.5. The van der Waals surface area contributed by atoms with Crippen LogP contribution in [0.5, 0.6) is 0 Å². The van der Waals surface area contributed by atoms with E-state index in [1.807, 2.05) is 44.2 Å². The molecule has 0 unspecified atom stereocenters. The van der Waals surface area contributed by atoms with Crippen LogP contribution < -0.4 is 5.32 Å². The van der Waals surface area contributed by atoms with E-state index in [4.69, 9.17) is 10.00 Å². The monoisotopic (exact) mass is 387 g/mol. The first-order valence-corrected chi connectivity index (χ1v) is 9.34. The smallest absolute Gasteiger partial charge is 0.339 e. The number of fused-ring (bicyclic) bond motifs is 1. The van der Waals surface area contributed by atoms with Crippen molar-refractivity contribution in [2.24, 2.45) is 0 Å². The number of carbonyl (C=O) groups excluding carboxylic acids is 2. The lowest BCUT2D eigenvalue weighted by atomic mass is 10.0. The number of nitriles is 1. The highest BCUT2D eigenvalue weighted by molar-refractivity contribution is 6.06. The Hall–Kier alpha value is -3.72.